The molecule has 0 radical (unpaired) electrons. The summed E-state index contributed by atoms with van der Waals surface area (Å²) in [4.78, 5) is 9.11. The third-order valence-corrected chi connectivity index (χ3v) is 5.83. The molecular weight excluding hydrogens is 388 g/mol. The average Bonchev–Trinajstić information content (AvgIpc) is 2.75. The topological polar surface area (TPSA) is 52.1 Å². The number of rotatable bonds is 7. The van der Waals surface area contributed by atoms with Crippen LogP contribution < -0.4 is 10.6 Å². The van der Waals surface area contributed by atoms with E-state index >= 15 is 0 Å². The number of hydrogen-bond acceptors (Lipinski definition) is 4. The van der Waals surface area contributed by atoms with Crippen LogP contribution >= 0.6 is 0 Å². The molecule has 168 valence electrons. The fourth-order valence-electron chi connectivity index (χ4n) is 4.08. The first-order valence-corrected chi connectivity index (χ1v) is 11.0. The Kier molecular flexibility index (Phi) is 8.84. The summed E-state index contributed by atoms with van der Waals surface area (Å²) in [7, 11) is 1.81. The van der Waals surface area contributed by atoms with Crippen LogP contribution in [-0.4, -0.2) is 81.3 Å². The molecule has 0 amide bonds. The fourth-order valence-corrected chi connectivity index (χ4v) is 4.08. The molecule has 2 aliphatic heterocycles. The van der Waals surface area contributed by atoms with E-state index in [4.69, 9.17) is 4.74 Å². The number of nitrogens with zero attached hydrogens (tertiary/aromatic N) is 3. The Labute approximate surface area is 178 Å². The van der Waals surface area contributed by atoms with Crippen LogP contribution in [0, 0.1) is 17.6 Å². The second kappa shape index (κ2) is 11.6. The predicted octanol–water partition coefficient (Wildman–Crippen LogP) is 2.06. The summed E-state index contributed by atoms with van der Waals surface area (Å²) >= 11 is 0. The van der Waals surface area contributed by atoms with Gasteiger partial charge in [0.15, 0.2) is 17.6 Å². The average molecular weight is 424 g/mol. The zero-order chi connectivity index (χ0) is 21.3. The van der Waals surface area contributed by atoms with Crippen molar-refractivity contribution in [2.45, 2.75) is 32.4 Å². The van der Waals surface area contributed by atoms with Crippen molar-refractivity contribution in [2.24, 2.45) is 10.9 Å². The number of likely N-dealkylation sites (tertiary alicyclic amines) is 1. The normalized spacial score (nSPS) is 20.9. The molecule has 3 rings (SSSR count). The van der Waals surface area contributed by atoms with Gasteiger partial charge in [-0.3, -0.25) is 14.8 Å². The van der Waals surface area contributed by atoms with Crippen LogP contribution in [0.4, 0.5) is 8.78 Å². The zero-order valence-corrected chi connectivity index (χ0v) is 18.2. The number of guanidine groups is 1. The van der Waals surface area contributed by atoms with Gasteiger partial charge in [0.2, 0.25) is 0 Å². The van der Waals surface area contributed by atoms with Gasteiger partial charge in [0.05, 0.1) is 13.2 Å². The van der Waals surface area contributed by atoms with Crippen molar-refractivity contribution in [3.8, 4) is 0 Å². The molecule has 0 saturated carbocycles. The maximum atomic E-state index is 13.4. The van der Waals surface area contributed by atoms with E-state index in [1.54, 1.807) is 13.1 Å². The Morgan fingerprint density at radius 1 is 1.13 bits per heavy atom. The summed E-state index contributed by atoms with van der Waals surface area (Å²) < 4.78 is 31.9. The van der Waals surface area contributed by atoms with Gasteiger partial charge in [-0.1, -0.05) is 13.0 Å². The number of nitrogens with one attached hydrogen (secondary N) is 2. The molecule has 2 N–H and O–H groups in total. The standard InChI is InChI=1S/C22H35F2N5O/c1-17(15-29-9-11-30-12-10-29)14-26-22(25-2)27-19-5-7-28(8-6-19)16-18-3-4-20(23)21(24)13-18/h3-4,13,17,19H,5-12,14-16H2,1-2H3,(H2,25,26,27). The van der Waals surface area contributed by atoms with Crippen LogP contribution in [0.3, 0.4) is 0 Å². The summed E-state index contributed by atoms with van der Waals surface area (Å²) in [6.07, 6.45) is 1.99. The fraction of sp³-hybridized carbons (Fsp3) is 0.682. The lowest BCUT2D eigenvalue weighted by Crippen LogP contribution is -2.49. The molecule has 6 nitrogen and oxygen atoms in total. The molecule has 2 aliphatic rings. The van der Waals surface area contributed by atoms with Gasteiger partial charge in [-0.05, 0) is 36.5 Å². The van der Waals surface area contributed by atoms with Gasteiger partial charge in [0, 0.05) is 58.9 Å². The van der Waals surface area contributed by atoms with Crippen LogP contribution in [0.25, 0.3) is 0 Å². The smallest absolute Gasteiger partial charge is 0.191 e. The van der Waals surface area contributed by atoms with Gasteiger partial charge in [-0.25, -0.2) is 8.78 Å². The van der Waals surface area contributed by atoms with Crippen molar-refractivity contribution in [2.75, 3.05) is 59.5 Å². The summed E-state index contributed by atoms with van der Waals surface area (Å²) in [5, 5.41) is 6.99. The first-order valence-electron chi connectivity index (χ1n) is 11.0. The molecule has 1 atom stereocenters. The number of piperidine rings is 1. The summed E-state index contributed by atoms with van der Waals surface area (Å²) in [5.74, 6) is -0.191. The lowest BCUT2D eigenvalue weighted by molar-refractivity contribution is 0.0320. The highest BCUT2D eigenvalue weighted by Gasteiger charge is 2.21. The lowest BCUT2D eigenvalue weighted by atomic mass is 10.0. The SMILES string of the molecule is CN=C(NCC(C)CN1CCOCC1)NC1CCN(Cc2ccc(F)c(F)c2)CC1. The van der Waals surface area contributed by atoms with E-state index in [1.807, 2.05) is 0 Å². The van der Waals surface area contributed by atoms with Crippen LogP contribution in [0.5, 0.6) is 0 Å². The van der Waals surface area contributed by atoms with E-state index in [0.29, 0.717) is 18.5 Å². The third kappa shape index (κ3) is 7.18. The minimum absolute atomic E-state index is 0.368. The monoisotopic (exact) mass is 423 g/mol. The Morgan fingerprint density at radius 2 is 1.87 bits per heavy atom. The number of hydrogen-bond donors (Lipinski definition) is 2. The minimum Gasteiger partial charge on any atom is -0.379 e. The van der Waals surface area contributed by atoms with Crippen LogP contribution in [0.2, 0.25) is 0 Å². The summed E-state index contributed by atoms with van der Waals surface area (Å²) in [5.41, 5.74) is 0.812. The lowest BCUT2D eigenvalue weighted by Gasteiger charge is -2.33. The molecule has 2 heterocycles. The predicted molar refractivity (Wildman–Crippen MR) is 116 cm³/mol. The maximum absolute atomic E-state index is 13.4. The van der Waals surface area contributed by atoms with Gasteiger partial charge < -0.3 is 15.4 Å². The van der Waals surface area contributed by atoms with E-state index in [9.17, 15) is 8.78 Å². The molecule has 1 aromatic carbocycles. The highest BCUT2D eigenvalue weighted by molar-refractivity contribution is 5.79. The van der Waals surface area contributed by atoms with Gasteiger partial charge in [0.25, 0.3) is 0 Å². The second-order valence-electron chi connectivity index (χ2n) is 8.41. The molecule has 0 bridgehead atoms. The van der Waals surface area contributed by atoms with Crippen molar-refractivity contribution >= 4 is 5.96 Å². The van der Waals surface area contributed by atoms with Crippen molar-refractivity contribution in [1.82, 2.24) is 20.4 Å². The molecule has 1 unspecified atom stereocenters. The molecular formula is C22H35F2N5O. The number of ether oxygens (including phenoxy) is 1. The van der Waals surface area contributed by atoms with E-state index in [-0.39, 0.29) is 0 Å². The maximum Gasteiger partial charge on any atom is 0.191 e. The van der Waals surface area contributed by atoms with Crippen LogP contribution in [-0.2, 0) is 11.3 Å². The van der Waals surface area contributed by atoms with Crippen molar-refractivity contribution in [3.05, 3.63) is 35.4 Å². The van der Waals surface area contributed by atoms with E-state index in [0.717, 1.165) is 76.8 Å². The number of halogens is 2. The zero-order valence-electron chi connectivity index (χ0n) is 18.2. The molecule has 8 heteroatoms. The molecule has 1 aromatic rings. The first-order chi connectivity index (χ1) is 14.5. The largest absolute Gasteiger partial charge is 0.379 e. The van der Waals surface area contributed by atoms with Crippen molar-refractivity contribution in [1.29, 1.82) is 0 Å². The van der Waals surface area contributed by atoms with Gasteiger partial charge in [0.1, 0.15) is 0 Å². The molecule has 30 heavy (non-hydrogen) atoms. The number of benzene rings is 1. The van der Waals surface area contributed by atoms with Crippen molar-refractivity contribution in [3.63, 3.8) is 0 Å². The minimum atomic E-state index is -0.792. The Bertz CT molecular complexity index is 688. The van der Waals surface area contributed by atoms with Gasteiger partial charge >= 0.3 is 0 Å². The number of aliphatic imine (C=N–C) groups is 1. The van der Waals surface area contributed by atoms with Gasteiger partial charge in [-0.2, -0.15) is 0 Å². The molecule has 0 aliphatic carbocycles. The molecule has 2 fully saturated rings. The second-order valence-corrected chi connectivity index (χ2v) is 8.41. The Morgan fingerprint density at radius 3 is 2.53 bits per heavy atom. The quantitative estimate of drug-likeness (QED) is 0.520. The third-order valence-electron chi connectivity index (χ3n) is 5.83. The number of morpholine rings is 1. The Hall–Kier alpha value is -1.77. The van der Waals surface area contributed by atoms with Gasteiger partial charge in [-0.15, -0.1) is 0 Å². The van der Waals surface area contributed by atoms with E-state index in [1.165, 1.54) is 12.1 Å². The first kappa shape index (κ1) is 22.9. The van der Waals surface area contributed by atoms with Crippen molar-refractivity contribution < 1.29 is 13.5 Å². The van der Waals surface area contributed by atoms with E-state index in [2.05, 4.69) is 32.3 Å². The molecule has 0 aromatic heterocycles. The summed E-state index contributed by atoms with van der Waals surface area (Å²) in [6.45, 7) is 10.4. The Balaban J connectivity index is 1.35. The van der Waals surface area contributed by atoms with Crippen LogP contribution in [0.1, 0.15) is 25.3 Å². The van der Waals surface area contributed by atoms with Crippen LogP contribution in [0.15, 0.2) is 23.2 Å². The molecule has 0 spiro atoms. The van der Waals surface area contributed by atoms with E-state index < -0.39 is 11.6 Å². The highest BCUT2D eigenvalue weighted by Crippen LogP contribution is 2.16. The highest BCUT2D eigenvalue weighted by atomic mass is 19.2. The summed E-state index contributed by atoms with van der Waals surface area (Å²) in [6, 6.07) is 4.53. The molecule has 2 saturated heterocycles.